The van der Waals surface area contributed by atoms with E-state index in [-0.39, 0.29) is 11.7 Å². The van der Waals surface area contributed by atoms with Gasteiger partial charge in [-0.2, -0.15) is 10.2 Å². The van der Waals surface area contributed by atoms with E-state index in [0.29, 0.717) is 22.4 Å². The molecule has 7 heteroatoms. The Hall–Kier alpha value is -3.09. The number of aromatic nitrogens is 4. The van der Waals surface area contributed by atoms with E-state index in [0.717, 1.165) is 0 Å². The molecule has 0 saturated carbocycles. The summed E-state index contributed by atoms with van der Waals surface area (Å²) in [7, 11) is 0. The highest BCUT2D eigenvalue weighted by Crippen LogP contribution is 2.24. The minimum atomic E-state index is -0.344. The highest BCUT2D eigenvalue weighted by molar-refractivity contribution is 6.07. The van der Waals surface area contributed by atoms with Gasteiger partial charge in [-0.05, 0) is 18.2 Å². The van der Waals surface area contributed by atoms with Crippen LogP contribution in [0.1, 0.15) is 10.5 Å². The minimum absolute atomic E-state index is 0.128. The molecule has 3 rings (SSSR count). The SMILES string of the molecule is C=Cn1nccc1C(=O)Nc1n[nH]c2cc(O)ccc12. The van der Waals surface area contributed by atoms with Crippen molar-refractivity contribution in [3.63, 3.8) is 0 Å². The molecule has 3 aromatic rings. The average Bonchev–Trinajstić information content (AvgIpc) is 3.05. The van der Waals surface area contributed by atoms with Gasteiger partial charge in [0, 0.05) is 17.7 Å². The standard InChI is InChI=1S/C13H11N5O2/c1-2-18-11(5-6-14-18)13(20)15-12-9-4-3-8(19)7-10(9)16-17-12/h2-7,19H,1H2,(H2,15,16,17,20). The van der Waals surface area contributed by atoms with Crippen LogP contribution in [-0.2, 0) is 0 Å². The molecule has 1 amide bonds. The number of phenolic OH excluding ortho intramolecular Hbond substituents is 1. The van der Waals surface area contributed by atoms with Crippen molar-refractivity contribution in [2.45, 2.75) is 0 Å². The molecule has 0 fully saturated rings. The second-order valence-electron chi connectivity index (χ2n) is 4.10. The van der Waals surface area contributed by atoms with Gasteiger partial charge < -0.3 is 10.4 Å². The van der Waals surface area contributed by atoms with Gasteiger partial charge in [-0.1, -0.05) is 6.58 Å². The maximum atomic E-state index is 12.1. The first-order chi connectivity index (χ1) is 9.69. The smallest absolute Gasteiger partial charge is 0.275 e. The van der Waals surface area contributed by atoms with Gasteiger partial charge in [-0.15, -0.1) is 0 Å². The summed E-state index contributed by atoms with van der Waals surface area (Å²) in [4.78, 5) is 12.1. The zero-order valence-electron chi connectivity index (χ0n) is 10.4. The molecule has 0 spiro atoms. The number of hydrogen-bond donors (Lipinski definition) is 3. The van der Waals surface area contributed by atoms with Crippen LogP contribution in [-0.4, -0.2) is 31.0 Å². The molecule has 0 aliphatic carbocycles. The Bertz CT molecular complexity index is 802. The lowest BCUT2D eigenvalue weighted by atomic mass is 10.2. The molecule has 3 N–H and O–H groups in total. The number of nitrogens with one attached hydrogen (secondary N) is 2. The predicted octanol–water partition coefficient (Wildman–Crippen LogP) is 1.82. The summed E-state index contributed by atoms with van der Waals surface area (Å²) in [5.41, 5.74) is 0.993. The Morgan fingerprint density at radius 3 is 3.10 bits per heavy atom. The van der Waals surface area contributed by atoms with Gasteiger partial charge in [0.1, 0.15) is 11.4 Å². The largest absolute Gasteiger partial charge is 0.508 e. The minimum Gasteiger partial charge on any atom is -0.508 e. The summed E-state index contributed by atoms with van der Waals surface area (Å²) < 4.78 is 1.37. The first-order valence-corrected chi connectivity index (χ1v) is 5.83. The second kappa shape index (κ2) is 4.54. The first kappa shape index (κ1) is 12.0. The molecule has 0 radical (unpaired) electrons. The molecule has 1 aromatic carbocycles. The van der Waals surface area contributed by atoms with Crippen molar-refractivity contribution in [3.05, 3.63) is 42.7 Å². The van der Waals surface area contributed by atoms with Gasteiger partial charge in [-0.25, -0.2) is 4.68 Å². The molecule has 20 heavy (non-hydrogen) atoms. The zero-order chi connectivity index (χ0) is 14.1. The Kier molecular flexibility index (Phi) is 2.72. The summed E-state index contributed by atoms with van der Waals surface area (Å²) in [6.07, 6.45) is 2.95. The van der Waals surface area contributed by atoms with E-state index in [4.69, 9.17) is 0 Å². The van der Waals surface area contributed by atoms with E-state index in [2.05, 4.69) is 27.2 Å². The molecular weight excluding hydrogens is 258 g/mol. The van der Waals surface area contributed by atoms with Gasteiger partial charge in [0.25, 0.3) is 5.91 Å². The van der Waals surface area contributed by atoms with Crippen LogP contribution < -0.4 is 5.32 Å². The molecule has 7 nitrogen and oxygen atoms in total. The van der Waals surface area contributed by atoms with Crippen LogP contribution in [0.4, 0.5) is 5.82 Å². The number of phenols is 1. The maximum Gasteiger partial charge on any atom is 0.275 e. The molecule has 0 bridgehead atoms. The lowest BCUT2D eigenvalue weighted by Gasteiger charge is -2.03. The molecule has 0 saturated heterocycles. The molecule has 2 heterocycles. The number of anilines is 1. The van der Waals surface area contributed by atoms with Gasteiger partial charge in [0.2, 0.25) is 0 Å². The van der Waals surface area contributed by atoms with Crippen LogP contribution in [0.2, 0.25) is 0 Å². The predicted molar refractivity (Wildman–Crippen MR) is 74.3 cm³/mol. The van der Waals surface area contributed by atoms with Crippen molar-refractivity contribution in [2.75, 3.05) is 5.32 Å². The number of carbonyl (C=O) groups is 1. The molecule has 2 aromatic heterocycles. The number of aromatic amines is 1. The zero-order valence-corrected chi connectivity index (χ0v) is 10.4. The summed E-state index contributed by atoms with van der Waals surface area (Å²) >= 11 is 0. The third-order valence-electron chi connectivity index (χ3n) is 2.85. The van der Waals surface area contributed by atoms with E-state index < -0.39 is 0 Å². The lowest BCUT2D eigenvalue weighted by Crippen LogP contribution is -2.15. The normalized spacial score (nSPS) is 10.6. The molecule has 0 aliphatic rings. The fourth-order valence-corrected chi connectivity index (χ4v) is 1.91. The van der Waals surface area contributed by atoms with Crippen molar-refractivity contribution >= 4 is 28.8 Å². The number of hydrogen-bond acceptors (Lipinski definition) is 4. The number of benzene rings is 1. The van der Waals surface area contributed by atoms with Gasteiger partial charge in [-0.3, -0.25) is 9.89 Å². The summed E-state index contributed by atoms with van der Waals surface area (Å²) in [6, 6.07) is 6.32. The van der Waals surface area contributed by atoms with Crippen LogP contribution in [0.25, 0.3) is 17.1 Å². The Labute approximate surface area is 113 Å². The highest BCUT2D eigenvalue weighted by Gasteiger charge is 2.14. The van der Waals surface area contributed by atoms with Crippen LogP contribution >= 0.6 is 0 Å². The number of aromatic hydroxyl groups is 1. The molecule has 100 valence electrons. The van der Waals surface area contributed by atoms with Crippen LogP contribution in [0.5, 0.6) is 5.75 Å². The van der Waals surface area contributed by atoms with Crippen molar-refractivity contribution < 1.29 is 9.90 Å². The molecule has 0 atom stereocenters. The molecular formula is C13H11N5O2. The first-order valence-electron chi connectivity index (χ1n) is 5.83. The van der Waals surface area contributed by atoms with Crippen LogP contribution in [0, 0.1) is 0 Å². The third kappa shape index (κ3) is 1.91. The number of amides is 1. The van der Waals surface area contributed by atoms with Gasteiger partial charge in [0.15, 0.2) is 5.82 Å². The van der Waals surface area contributed by atoms with E-state index in [1.165, 1.54) is 29.2 Å². The topological polar surface area (TPSA) is 95.8 Å². The number of fused-ring (bicyclic) bond motifs is 1. The van der Waals surface area contributed by atoms with Crippen molar-refractivity contribution in [3.8, 4) is 5.75 Å². The fourth-order valence-electron chi connectivity index (χ4n) is 1.91. The van der Waals surface area contributed by atoms with Gasteiger partial charge >= 0.3 is 0 Å². The summed E-state index contributed by atoms with van der Waals surface area (Å²) in [5.74, 6) is 0.175. The maximum absolute atomic E-state index is 12.1. The Balaban J connectivity index is 1.93. The molecule has 0 aliphatic heterocycles. The van der Waals surface area contributed by atoms with Crippen molar-refractivity contribution in [1.82, 2.24) is 20.0 Å². The summed E-state index contributed by atoms with van der Waals surface area (Å²) in [5, 5.41) is 23.5. The van der Waals surface area contributed by atoms with Crippen molar-refractivity contribution in [2.24, 2.45) is 0 Å². The second-order valence-corrected chi connectivity index (χ2v) is 4.10. The average molecular weight is 269 g/mol. The third-order valence-corrected chi connectivity index (χ3v) is 2.85. The van der Waals surface area contributed by atoms with E-state index in [1.54, 1.807) is 12.1 Å². The Morgan fingerprint density at radius 2 is 2.30 bits per heavy atom. The quantitative estimate of drug-likeness (QED) is 0.675. The van der Waals surface area contributed by atoms with Crippen LogP contribution in [0.15, 0.2) is 37.0 Å². The summed E-state index contributed by atoms with van der Waals surface area (Å²) in [6.45, 7) is 3.57. The van der Waals surface area contributed by atoms with E-state index >= 15 is 0 Å². The van der Waals surface area contributed by atoms with Crippen LogP contribution in [0.3, 0.4) is 0 Å². The number of H-pyrrole nitrogens is 1. The number of rotatable bonds is 3. The highest BCUT2D eigenvalue weighted by atomic mass is 16.3. The number of carbonyl (C=O) groups excluding carboxylic acids is 1. The lowest BCUT2D eigenvalue weighted by molar-refractivity contribution is 0.102. The fraction of sp³-hybridized carbons (Fsp3) is 0. The number of nitrogens with zero attached hydrogens (tertiary/aromatic N) is 3. The van der Waals surface area contributed by atoms with Gasteiger partial charge in [0.05, 0.1) is 11.7 Å². The molecule has 0 unspecified atom stereocenters. The van der Waals surface area contributed by atoms with E-state index in [1.807, 2.05) is 0 Å². The Morgan fingerprint density at radius 1 is 1.45 bits per heavy atom. The monoisotopic (exact) mass is 269 g/mol. The van der Waals surface area contributed by atoms with Crippen molar-refractivity contribution in [1.29, 1.82) is 0 Å². The van der Waals surface area contributed by atoms with E-state index in [9.17, 15) is 9.90 Å².